The van der Waals surface area contributed by atoms with E-state index in [0.29, 0.717) is 29.0 Å². The highest BCUT2D eigenvalue weighted by atomic mass is 32.2. The molecule has 3 aromatic rings. The molecule has 12 nitrogen and oxygen atoms in total. The second kappa shape index (κ2) is 11.8. The van der Waals surface area contributed by atoms with Crippen molar-refractivity contribution >= 4 is 63.8 Å². The number of nitrogens with zero attached hydrogens (tertiary/aromatic N) is 4. The number of rotatable bonds is 10. The lowest BCUT2D eigenvalue weighted by Crippen LogP contribution is -2.00. The van der Waals surface area contributed by atoms with Gasteiger partial charge in [-0.25, -0.2) is 5.26 Å². The van der Waals surface area contributed by atoms with Gasteiger partial charge in [-0.05, 0) is 66.7 Å². The number of nitro groups is 1. The Morgan fingerprint density at radius 2 is 1.72 bits per heavy atom. The minimum atomic E-state index is -4.65. The fourth-order valence-electron chi connectivity index (χ4n) is 2.99. The number of hydrogen-bond acceptors (Lipinski definition) is 11. The van der Waals surface area contributed by atoms with Crippen molar-refractivity contribution in [2.75, 3.05) is 0 Å². The quantitative estimate of drug-likeness (QED) is 0.0433. The Morgan fingerprint density at radius 3 is 2.36 bits per heavy atom. The summed E-state index contributed by atoms with van der Waals surface area (Å²) in [4.78, 5) is 14.0. The van der Waals surface area contributed by atoms with Crippen LogP contribution in [-0.2, 0) is 19.5 Å². The Labute approximate surface area is 209 Å². The van der Waals surface area contributed by atoms with Gasteiger partial charge in [-0.2, -0.15) is 18.6 Å². The van der Waals surface area contributed by atoms with E-state index in [0.717, 1.165) is 11.6 Å². The molecule has 36 heavy (non-hydrogen) atoms. The van der Waals surface area contributed by atoms with Crippen LogP contribution in [0.25, 0.3) is 12.2 Å². The molecule has 0 radical (unpaired) electrons. The third kappa shape index (κ3) is 6.88. The van der Waals surface area contributed by atoms with Crippen LogP contribution in [0.2, 0.25) is 0 Å². The van der Waals surface area contributed by atoms with Gasteiger partial charge in [0, 0.05) is 12.1 Å². The first kappa shape index (κ1) is 26.8. The Hall–Kier alpha value is -3.79. The molecule has 14 heteroatoms. The molecular weight excluding hydrogens is 512 g/mol. The van der Waals surface area contributed by atoms with E-state index in [-0.39, 0.29) is 21.8 Å². The zero-order valence-corrected chi connectivity index (χ0v) is 20.1. The van der Waals surface area contributed by atoms with E-state index in [1.807, 2.05) is 6.92 Å². The third-order valence-electron chi connectivity index (χ3n) is 4.72. The molecule has 186 valence electrons. The summed E-state index contributed by atoms with van der Waals surface area (Å²) in [6.45, 7) is 5.27. The standard InChI is InChI=1S/C22H18N4O8S2/c1-14-11-17(23-2)8-10-20(14)25-24-18-7-5-16(22(12-18)36(30,31)32)4-3-15-6-9-19(26(27)28)13-21(15)35-34-33-29/h3-13,29H,2H2,1H3,(H,30,31,32)/b4-3+,25-24?. The van der Waals surface area contributed by atoms with Gasteiger partial charge in [0.2, 0.25) is 0 Å². The Kier molecular flexibility index (Phi) is 8.76. The Morgan fingerprint density at radius 1 is 1.03 bits per heavy atom. The second-order valence-electron chi connectivity index (χ2n) is 7.06. The summed E-state index contributed by atoms with van der Waals surface area (Å²) in [7, 11) is -4.65. The normalized spacial score (nSPS) is 11.9. The Balaban J connectivity index is 1.96. The van der Waals surface area contributed by atoms with Crippen molar-refractivity contribution in [2.45, 2.75) is 16.7 Å². The lowest BCUT2D eigenvalue weighted by atomic mass is 10.1. The Bertz CT molecular complexity index is 1470. The molecule has 0 unspecified atom stereocenters. The summed E-state index contributed by atoms with van der Waals surface area (Å²) in [5, 5.41) is 31.2. The molecule has 3 aromatic carbocycles. The molecular formula is C22H18N4O8S2. The van der Waals surface area contributed by atoms with Gasteiger partial charge in [-0.1, -0.05) is 23.3 Å². The van der Waals surface area contributed by atoms with E-state index >= 15 is 0 Å². The molecule has 0 fully saturated rings. The van der Waals surface area contributed by atoms with E-state index in [4.69, 9.17) is 5.26 Å². The molecule has 0 aromatic heterocycles. The monoisotopic (exact) mass is 530 g/mol. The van der Waals surface area contributed by atoms with Crippen LogP contribution in [0.5, 0.6) is 0 Å². The zero-order valence-electron chi connectivity index (χ0n) is 18.5. The minimum Gasteiger partial charge on any atom is -0.282 e. The number of aryl methyl sites for hydroxylation is 1. The average molecular weight is 531 g/mol. The molecule has 2 N–H and O–H groups in total. The van der Waals surface area contributed by atoms with Crippen LogP contribution in [0.3, 0.4) is 0 Å². The van der Waals surface area contributed by atoms with Crippen LogP contribution in [0.4, 0.5) is 22.7 Å². The zero-order chi connectivity index (χ0) is 26.3. The summed E-state index contributed by atoms with van der Waals surface area (Å²) in [6, 6.07) is 13.0. The first-order valence-electron chi connectivity index (χ1n) is 9.84. The van der Waals surface area contributed by atoms with E-state index in [2.05, 4.69) is 31.3 Å². The SMILES string of the molecule is C=Nc1ccc(N=Nc2ccc(/C=C/c3ccc([N+](=O)[O-])cc3SOOO)c(S(=O)(=O)O)c2)c(C)c1. The topological polar surface area (TPSA) is 173 Å². The van der Waals surface area contributed by atoms with Crippen molar-refractivity contribution in [1.29, 1.82) is 0 Å². The second-order valence-corrected chi connectivity index (χ2v) is 9.20. The molecule has 0 spiro atoms. The molecule has 0 saturated heterocycles. The van der Waals surface area contributed by atoms with E-state index in [9.17, 15) is 23.1 Å². The van der Waals surface area contributed by atoms with Gasteiger partial charge < -0.3 is 0 Å². The van der Waals surface area contributed by atoms with Gasteiger partial charge in [0.1, 0.15) is 4.90 Å². The number of non-ortho nitro benzene ring substituents is 1. The fourth-order valence-corrected chi connectivity index (χ4v) is 4.19. The third-order valence-corrected chi connectivity index (χ3v) is 6.29. The molecule has 0 saturated carbocycles. The van der Waals surface area contributed by atoms with Crippen molar-refractivity contribution in [3.05, 3.63) is 81.4 Å². The van der Waals surface area contributed by atoms with Crippen molar-refractivity contribution in [3.63, 3.8) is 0 Å². The lowest BCUT2D eigenvalue weighted by molar-refractivity contribution is -0.432. The van der Waals surface area contributed by atoms with E-state index in [1.165, 1.54) is 42.5 Å². The maximum Gasteiger partial charge on any atom is 0.295 e. The molecule has 3 rings (SSSR count). The van der Waals surface area contributed by atoms with Crippen LogP contribution >= 0.6 is 12.0 Å². The smallest absolute Gasteiger partial charge is 0.282 e. The number of aliphatic imine (C=N–C) groups is 1. The minimum absolute atomic E-state index is 0.114. The van der Waals surface area contributed by atoms with Crippen LogP contribution in [0.1, 0.15) is 16.7 Å². The number of benzene rings is 3. The average Bonchev–Trinajstić information content (AvgIpc) is 2.85. The van der Waals surface area contributed by atoms with E-state index in [1.54, 1.807) is 18.2 Å². The van der Waals surface area contributed by atoms with E-state index < -0.39 is 19.9 Å². The van der Waals surface area contributed by atoms with Gasteiger partial charge in [0.05, 0.1) is 38.9 Å². The van der Waals surface area contributed by atoms with Gasteiger partial charge in [0.25, 0.3) is 15.8 Å². The van der Waals surface area contributed by atoms with Crippen LogP contribution in [0.15, 0.2) is 79.6 Å². The number of azo groups is 1. The maximum absolute atomic E-state index is 12.0. The number of hydrogen-bond donors (Lipinski definition) is 2. The number of nitro benzene ring substituents is 1. The summed E-state index contributed by atoms with van der Waals surface area (Å²) in [5.74, 6) is 0. The van der Waals surface area contributed by atoms with Gasteiger partial charge in [0.15, 0.2) is 0 Å². The molecule has 0 aliphatic carbocycles. The van der Waals surface area contributed by atoms with Gasteiger partial charge >= 0.3 is 0 Å². The van der Waals surface area contributed by atoms with Crippen LogP contribution in [-0.4, -0.2) is 29.9 Å². The molecule has 0 bridgehead atoms. The molecule has 0 atom stereocenters. The van der Waals surface area contributed by atoms with Crippen molar-refractivity contribution in [3.8, 4) is 0 Å². The summed E-state index contributed by atoms with van der Waals surface area (Å²) in [5.41, 5.74) is 2.41. The van der Waals surface area contributed by atoms with Crippen LogP contribution in [0, 0.1) is 17.0 Å². The van der Waals surface area contributed by atoms with Gasteiger partial charge in [-0.15, -0.1) is 4.33 Å². The van der Waals surface area contributed by atoms with Crippen molar-refractivity contribution in [1.82, 2.24) is 0 Å². The highest BCUT2D eigenvalue weighted by molar-refractivity contribution is 7.94. The maximum atomic E-state index is 12.0. The van der Waals surface area contributed by atoms with Gasteiger partial charge in [-0.3, -0.25) is 19.7 Å². The molecule has 0 aliphatic rings. The predicted octanol–water partition coefficient (Wildman–Crippen LogP) is 6.50. The highest BCUT2D eigenvalue weighted by Gasteiger charge is 2.16. The first-order valence-corrected chi connectivity index (χ1v) is 12.0. The van der Waals surface area contributed by atoms with Crippen molar-refractivity contribution < 1.29 is 32.5 Å². The lowest BCUT2D eigenvalue weighted by Gasteiger charge is -2.06. The largest absolute Gasteiger partial charge is 0.295 e. The fraction of sp³-hybridized carbons (Fsp3) is 0.0455. The van der Waals surface area contributed by atoms with Crippen molar-refractivity contribution in [2.24, 2.45) is 15.2 Å². The first-order chi connectivity index (χ1) is 17.1. The molecule has 0 amide bonds. The summed E-state index contributed by atoms with van der Waals surface area (Å²) >= 11 is 0.502. The molecule has 0 heterocycles. The molecule has 0 aliphatic heterocycles. The predicted molar refractivity (Wildman–Crippen MR) is 134 cm³/mol. The summed E-state index contributed by atoms with van der Waals surface area (Å²) in [6.07, 6.45) is 2.82. The van der Waals surface area contributed by atoms with Crippen LogP contribution < -0.4 is 0 Å². The summed E-state index contributed by atoms with van der Waals surface area (Å²) < 4.78 is 38.2. The highest BCUT2D eigenvalue weighted by Crippen LogP contribution is 2.31.